The highest BCUT2D eigenvalue weighted by molar-refractivity contribution is 14.1. The predicted molar refractivity (Wildman–Crippen MR) is 58.3 cm³/mol. The number of methoxy groups -OCH3 is 1. The van der Waals surface area contributed by atoms with Gasteiger partial charge in [-0.25, -0.2) is 4.98 Å². The van der Waals surface area contributed by atoms with Gasteiger partial charge >= 0.3 is 0 Å². The Hall–Kier alpha value is -0.850. The van der Waals surface area contributed by atoms with E-state index in [0.29, 0.717) is 16.0 Å². The molecule has 0 aliphatic heterocycles. The SMILES string of the molecule is COc1ccnc(NC(=O)CI)c1. The number of amides is 1. The third kappa shape index (κ3) is 3.17. The van der Waals surface area contributed by atoms with Crippen LogP contribution in [0.25, 0.3) is 0 Å². The minimum absolute atomic E-state index is 0.0682. The van der Waals surface area contributed by atoms with Crippen LogP contribution in [0.2, 0.25) is 0 Å². The summed E-state index contributed by atoms with van der Waals surface area (Å²) in [5.41, 5.74) is 0. The molecule has 0 aliphatic rings. The molecule has 0 bridgehead atoms. The van der Waals surface area contributed by atoms with Crippen LogP contribution in [-0.4, -0.2) is 22.4 Å². The van der Waals surface area contributed by atoms with Crippen molar-refractivity contribution in [3.8, 4) is 5.75 Å². The molecule has 0 saturated heterocycles. The second-order valence-electron chi connectivity index (χ2n) is 2.26. The highest BCUT2D eigenvalue weighted by Gasteiger charge is 2.01. The highest BCUT2D eigenvalue weighted by Crippen LogP contribution is 2.13. The van der Waals surface area contributed by atoms with E-state index in [9.17, 15) is 4.79 Å². The zero-order valence-electron chi connectivity index (χ0n) is 7.08. The van der Waals surface area contributed by atoms with Gasteiger partial charge in [0.2, 0.25) is 5.91 Å². The minimum Gasteiger partial charge on any atom is -0.497 e. The van der Waals surface area contributed by atoms with Crippen molar-refractivity contribution in [1.29, 1.82) is 0 Å². The van der Waals surface area contributed by atoms with Crippen LogP contribution < -0.4 is 10.1 Å². The molecule has 0 fully saturated rings. The van der Waals surface area contributed by atoms with Gasteiger partial charge in [-0.2, -0.15) is 0 Å². The van der Waals surface area contributed by atoms with E-state index in [-0.39, 0.29) is 5.91 Å². The van der Waals surface area contributed by atoms with Gasteiger partial charge in [0.05, 0.1) is 11.5 Å². The fourth-order valence-corrected chi connectivity index (χ4v) is 0.973. The molecule has 0 spiro atoms. The predicted octanol–water partition coefficient (Wildman–Crippen LogP) is 1.46. The van der Waals surface area contributed by atoms with Crippen LogP contribution in [0.15, 0.2) is 18.3 Å². The van der Waals surface area contributed by atoms with Crippen molar-refractivity contribution in [2.45, 2.75) is 0 Å². The van der Waals surface area contributed by atoms with Crippen molar-refractivity contribution < 1.29 is 9.53 Å². The zero-order valence-corrected chi connectivity index (χ0v) is 9.24. The average molecular weight is 292 g/mol. The molecule has 5 heteroatoms. The van der Waals surface area contributed by atoms with Gasteiger partial charge in [-0.05, 0) is 6.07 Å². The smallest absolute Gasteiger partial charge is 0.235 e. The molecule has 0 radical (unpaired) electrons. The molecule has 0 unspecified atom stereocenters. The highest BCUT2D eigenvalue weighted by atomic mass is 127. The topological polar surface area (TPSA) is 51.2 Å². The first-order valence-electron chi connectivity index (χ1n) is 3.62. The van der Waals surface area contributed by atoms with Crippen LogP contribution in [0.3, 0.4) is 0 Å². The summed E-state index contributed by atoms with van der Waals surface area (Å²) < 4.78 is 5.39. The average Bonchev–Trinajstić information content (AvgIpc) is 2.18. The number of anilines is 1. The second-order valence-corrected chi connectivity index (χ2v) is 3.03. The second kappa shape index (κ2) is 5.00. The first kappa shape index (κ1) is 10.2. The van der Waals surface area contributed by atoms with E-state index in [1.807, 2.05) is 22.6 Å². The molecule has 1 heterocycles. The molecule has 1 aromatic rings. The number of nitrogens with one attached hydrogen (secondary N) is 1. The molecule has 0 atom stereocenters. The van der Waals surface area contributed by atoms with Gasteiger partial charge in [-0.15, -0.1) is 0 Å². The Morgan fingerprint density at radius 2 is 2.54 bits per heavy atom. The number of carbonyl (C=O) groups excluding carboxylic acids is 1. The van der Waals surface area contributed by atoms with Crippen LogP contribution in [0, 0.1) is 0 Å². The number of alkyl halides is 1. The zero-order chi connectivity index (χ0) is 9.68. The molecular formula is C8H9IN2O2. The van der Waals surface area contributed by atoms with Crippen molar-refractivity contribution in [1.82, 2.24) is 4.98 Å². The maximum atomic E-state index is 11.0. The summed E-state index contributed by atoms with van der Waals surface area (Å²) in [4.78, 5) is 14.9. The Labute approximate surface area is 89.8 Å². The minimum atomic E-state index is -0.0682. The molecule has 4 nitrogen and oxygen atoms in total. The lowest BCUT2D eigenvalue weighted by atomic mass is 10.4. The fraction of sp³-hybridized carbons (Fsp3) is 0.250. The number of rotatable bonds is 3. The number of ether oxygens (including phenoxy) is 1. The van der Waals surface area contributed by atoms with E-state index in [1.165, 1.54) is 0 Å². The van der Waals surface area contributed by atoms with Crippen molar-refractivity contribution in [3.63, 3.8) is 0 Å². The van der Waals surface area contributed by atoms with E-state index < -0.39 is 0 Å². The van der Waals surface area contributed by atoms with Crippen molar-refractivity contribution in [3.05, 3.63) is 18.3 Å². The van der Waals surface area contributed by atoms with Crippen molar-refractivity contribution >= 4 is 34.3 Å². The first-order chi connectivity index (χ1) is 6.26. The Balaban J connectivity index is 2.71. The molecule has 0 saturated carbocycles. The summed E-state index contributed by atoms with van der Waals surface area (Å²) in [5, 5.41) is 2.63. The number of hydrogen-bond donors (Lipinski definition) is 1. The van der Waals surface area contributed by atoms with Gasteiger partial charge in [-0.3, -0.25) is 4.79 Å². The summed E-state index contributed by atoms with van der Waals surface area (Å²) >= 11 is 1.99. The van der Waals surface area contributed by atoms with Gasteiger partial charge in [-0.1, -0.05) is 22.6 Å². The number of halogens is 1. The third-order valence-corrected chi connectivity index (χ3v) is 2.05. The quantitative estimate of drug-likeness (QED) is 0.678. The molecule has 1 amide bonds. The number of hydrogen-bond acceptors (Lipinski definition) is 3. The van der Waals surface area contributed by atoms with Crippen LogP contribution >= 0.6 is 22.6 Å². The summed E-state index contributed by atoms with van der Waals surface area (Å²) in [5.74, 6) is 1.13. The van der Waals surface area contributed by atoms with Gasteiger partial charge in [0.25, 0.3) is 0 Å². The largest absolute Gasteiger partial charge is 0.497 e. The van der Waals surface area contributed by atoms with Gasteiger partial charge in [0.1, 0.15) is 11.6 Å². The van der Waals surface area contributed by atoms with Gasteiger partial charge < -0.3 is 10.1 Å². The van der Waals surface area contributed by atoms with Crippen LogP contribution in [0.1, 0.15) is 0 Å². The molecule has 1 N–H and O–H groups in total. The monoisotopic (exact) mass is 292 g/mol. The first-order valence-corrected chi connectivity index (χ1v) is 5.14. The summed E-state index contributed by atoms with van der Waals surface area (Å²) in [6.07, 6.45) is 1.58. The lowest BCUT2D eigenvalue weighted by Gasteiger charge is -2.03. The number of pyridine rings is 1. The van der Waals surface area contributed by atoms with Gasteiger partial charge in [0.15, 0.2) is 0 Å². The Morgan fingerprint density at radius 3 is 3.15 bits per heavy atom. The molecule has 1 rings (SSSR count). The summed E-state index contributed by atoms with van der Waals surface area (Å²) in [6.45, 7) is 0. The molecule has 1 aromatic heterocycles. The van der Waals surface area contributed by atoms with Crippen molar-refractivity contribution in [2.75, 3.05) is 16.9 Å². The van der Waals surface area contributed by atoms with E-state index in [4.69, 9.17) is 4.74 Å². The van der Waals surface area contributed by atoms with Crippen LogP contribution in [0.5, 0.6) is 5.75 Å². The Morgan fingerprint density at radius 1 is 1.77 bits per heavy atom. The number of carbonyl (C=O) groups is 1. The fourth-order valence-electron chi connectivity index (χ4n) is 0.783. The lowest BCUT2D eigenvalue weighted by molar-refractivity contribution is -0.113. The molecule has 70 valence electrons. The standard InChI is InChI=1S/C8H9IN2O2/c1-13-6-2-3-10-7(4-6)11-8(12)5-9/h2-4H,5H2,1H3,(H,10,11,12). The normalized spacial score (nSPS) is 9.38. The van der Waals surface area contributed by atoms with Crippen LogP contribution in [-0.2, 0) is 4.79 Å². The van der Waals surface area contributed by atoms with Crippen molar-refractivity contribution in [2.24, 2.45) is 0 Å². The molecular weight excluding hydrogens is 283 g/mol. The summed E-state index contributed by atoms with van der Waals surface area (Å²) in [6, 6.07) is 3.39. The Kier molecular flexibility index (Phi) is 3.94. The number of nitrogens with zero attached hydrogens (tertiary/aromatic N) is 1. The number of aromatic nitrogens is 1. The van der Waals surface area contributed by atoms with E-state index >= 15 is 0 Å². The molecule has 0 aromatic carbocycles. The maximum absolute atomic E-state index is 11.0. The van der Waals surface area contributed by atoms with E-state index in [1.54, 1.807) is 25.4 Å². The third-order valence-electron chi connectivity index (χ3n) is 1.36. The van der Waals surface area contributed by atoms with E-state index in [0.717, 1.165) is 0 Å². The van der Waals surface area contributed by atoms with Gasteiger partial charge in [0, 0.05) is 12.3 Å². The molecule has 13 heavy (non-hydrogen) atoms. The Bertz CT molecular complexity index is 304. The van der Waals surface area contributed by atoms with Crippen LogP contribution in [0.4, 0.5) is 5.82 Å². The maximum Gasteiger partial charge on any atom is 0.235 e. The summed E-state index contributed by atoms with van der Waals surface area (Å²) in [7, 11) is 1.57. The lowest BCUT2D eigenvalue weighted by Crippen LogP contribution is -2.13. The van der Waals surface area contributed by atoms with E-state index in [2.05, 4.69) is 10.3 Å². The molecule has 0 aliphatic carbocycles.